The number of nitrogens with zero attached hydrogens (tertiary/aromatic N) is 3. The van der Waals surface area contributed by atoms with Gasteiger partial charge in [0.15, 0.2) is 0 Å². The Morgan fingerprint density at radius 2 is 2.40 bits per heavy atom. The topological polar surface area (TPSA) is 83.0 Å². The third-order valence-electron chi connectivity index (χ3n) is 3.27. The molecule has 1 atom stereocenters. The van der Waals surface area contributed by atoms with Crippen molar-refractivity contribution in [3.63, 3.8) is 0 Å². The van der Waals surface area contributed by atoms with Crippen LogP contribution in [0, 0.1) is 0 Å². The number of rotatable bonds is 1. The van der Waals surface area contributed by atoms with Crippen LogP contribution in [0.25, 0.3) is 0 Å². The van der Waals surface area contributed by atoms with Crippen molar-refractivity contribution >= 4 is 5.91 Å². The predicted molar refractivity (Wildman–Crippen MR) is 50.3 cm³/mol. The van der Waals surface area contributed by atoms with E-state index < -0.39 is 5.91 Å². The molecular formula is C9H12N4O2. The van der Waals surface area contributed by atoms with Gasteiger partial charge in [-0.05, 0) is 12.8 Å². The Morgan fingerprint density at radius 1 is 1.53 bits per heavy atom. The van der Waals surface area contributed by atoms with Crippen LogP contribution >= 0.6 is 0 Å². The highest BCUT2D eigenvalue weighted by molar-refractivity contribution is 5.88. The summed E-state index contributed by atoms with van der Waals surface area (Å²) in [7, 11) is 0. The van der Waals surface area contributed by atoms with Gasteiger partial charge in [0.2, 0.25) is 5.82 Å². The zero-order valence-electron chi connectivity index (χ0n) is 8.27. The van der Waals surface area contributed by atoms with Gasteiger partial charge in [-0.3, -0.25) is 4.79 Å². The summed E-state index contributed by atoms with van der Waals surface area (Å²) >= 11 is 0. The van der Waals surface area contributed by atoms with Crippen molar-refractivity contribution in [1.82, 2.24) is 14.8 Å². The van der Waals surface area contributed by atoms with Crippen LogP contribution in [0.3, 0.4) is 0 Å². The van der Waals surface area contributed by atoms with Crippen LogP contribution in [0.5, 0.6) is 0 Å². The van der Waals surface area contributed by atoms with Crippen molar-refractivity contribution in [2.24, 2.45) is 5.73 Å². The minimum Gasteiger partial charge on any atom is -0.380 e. The lowest BCUT2D eigenvalue weighted by Crippen LogP contribution is -2.24. The van der Waals surface area contributed by atoms with E-state index in [9.17, 15) is 4.79 Å². The zero-order chi connectivity index (χ0) is 10.5. The highest BCUT2D eigenvalue weighted by atomic mass is 16.5. The number of hydrogen-bond donors (Lipinski definition) is 1. The predicted octanol–water partition coefficient (Wildman–Crippen LogP) is -0.561. The quantitative estimate of drug-likeness (QED) is 0.670. The number of hydrogen-bond acceptors (Lipinski definition) is 4. The number of carbonyl (C=O) groups excluding carboxylic acids is 1. The molecule has 6 heteroatoms. The molecule has 0 bridgehead atoms. The van der Waals surface area contributed by atoms with Gasteiger partial charge >= 0.3 is 0 Å². The molecule has 2 aliphatic rings. The van der Waals surface area contributed by atoms with Gasteiger partial charge in [0, 0.05) is 13.2 Å². The van der Waals surface area contributed by atoms with Crippen LogP contribution in [-0.4, -0.2) is 33.9 Å². The van der Waals surface area contributed by atoms with E-state index in [1.54, 1.807) is 4.68 Å². The Labute approximate surface area is 86.4 Å². The molecule has 1 unspecified atom stereocenters. The van der Waals surface area contributed by atoms with Gasteiger partial charge in [-0.15, -0.1) is 5.10 Å². The molecule has 3 rings (SSSR count). The van der Waals surface area contributed by atoms with Crippen LogP contribution < -0.4 is 5.73 Å². The second-order valence-electron chi connectivity index (χ2n) is 4.18. The molecule has 80 valence electrons. The Hall–Kier alpha value is -1.43. The lowest BCUT2D eigenvalue weighted by atomic mass is 9.85. The number of amides is 1. The molecule has 0 aromatic carbocycles. The first-order valence-corrected chi connectivity index (χ1v) is 5.04. The standard InChI is InChI=1S/C9H12N4O2/c10-6(14)7-11-8-9(2-4-15-5-9)1-3-13(8)12-7/h1-5H2,(H2,10,14). The first-order chi connectivity index (χ1) is 7.21. The zero-order valence-corrected chi connectivity index (χ0v) is 8.27. The number of aromatic nitrogens is 3. The number of nitrogens with two attached hydrogens (primary N) is 1. The van der Waals surface area contributed by atoms with E-state index in [0.29, 0.717) is 6.61 Å². The molecule has 1 saturated heterocycles. The summed E-state index contributed by atoms with van der Waals surface area (Å²) in [4.78, 5) is 15.2. The second-order valence-corrected chi connectivity index (χ2v) is 4.18. The number of primary amides is 1. The van der Waals surface area contributed by atoms with Crippen molar-refractivity contribution in [3.8, 4) is 0 Å². The molecule has 0 saturated carbocycles. The van der Waals surface area contributed by atoms with Gasteiger partial charge in [0.05, 0.1) is 12.0 Å². The van der Waals surface area contributed by atoms with E-state index in [4.69, 9.17) is 10.5 Å². The summed E-state index contributed by atoms with van der Waals surface area (Å²) in [5, 5.41) is 4.08. The minimum atomic E-state index is -0.564. The molecular weight excluding hydrogens is 196 g/mol. The number of aryl methyl sites for hydroxylation is 1. The monoisotopic (exact) mass is 208 g/mol. The number of fused-ring (bicyclic) bond motifs is 2. The normalized spacial score (nSPS) is 28.5. The Bertz CT molecular complexity index is 420. The van der Waals surface area contributed by atoms with E-state index in [1.165, 1.54) is 0 Å². The van der Waals surface area contributed by atoms with Gasteiger partial charge in [0.25, 0.3) is 5.91 Å². The minimum absolute atomic E-state index is 0.0132. The average molecular weight is 208 g/mol. The van der Waals surface area contributed by atoms with Crippen molar-refractivity contribution in [2.75, 3.05) is 13.2 Å². The Kier molecular flexibility index (Phi) is 1.64. The largest absolute Gasteiger partial charge is 0.380 e. The summed E-state index contributed by atoms with van der Waals surface area (Å²) in [5.74, 6) is 0.427. The molecule has 1 spiro atoms. The number of carbonyl (C=O) groups is 1. The van der Waals surface area contributed by atoms with Gasteiger partial charge in [-0.25, -0.2) is 9.67 Å². The molecule has 3 heterocycles. The first kappa shape index (κ1) is 8.84. The third kappa shape index (κ3) is 1.11. The highest BCUT2D eigenvalue weighted by Gasteiger charge is 2.45. The van der Waals surface area contributed by atoms with Gasteiger partial charge in [-0.1, -0.05) is 0 Å². The smallest absolute Gasteiger partial charge is 0.288 e. The first-order valence-electron chi connectivity index (χ1n) is 5.04. The van der Waals surface area contributed by atoms with Crippen molar-refractivity contribution in [1.29, 1.82) is 0 Å². The molecule has 1 fully saturated rings. The Morgan fingerprint density at radius 3 is 3.07 bits per heavy atom. The van der Waals surface area contributed by atoms with Crippen LogP contribution in [-0.2, 0) is 16.7 Å². The number of ether oxygens (including phenoxy) is 1. The van der Waals surface area contributed by atoms with E-state index in [1.807, 2.05) is 0 Å². The lowest BCUT2D eigenvalue weighted by Gasteiger charge is -2.17. The van der Waals surface area contributed by atoms with Gasteiger partial charge < -0.3 is 10.5 Å². The maximum Gasteiger partial charge on any atom is 0.288 e. The fourth-order valence-corrected chi connectivity index (χ4v) is 2.41. The van der Waals surface area contributed by atoms with Crippen molar-refractivity contribution in [3.05, 3.63) is 11.6 Å². The molecule has 2 aliphatic heterocycles. The SMILES string of the molecule is NC(=O)c1nc2n(n1)CCC21CCOC1. The molecule has 6 nitrogen and oxygen atoms in total. The van der Waals surface area contributed by atoms with Crippen LogP contribution in [0.2, 0.25) is 0 Å². The Balaban J connectivity index is 2.05. The average Bonchev–Trinajstić information content (AvgIpc) is 2.88. The molecule has 0 radical (unpaired) electrons. The molecule has 1 aromatic rings. The highest BCUT2D eigenvalue weighted by Crippen LogP contribution is 2.40. The van der Waals surface area contributed by atoms with E-state index >= 15 is 0 Å². The summed E-state index contributed by atoms with van der Waals surface area (Å²) in [6.07, 6.45) is 1.96. The van der Waals surface area contributed by atoms with Gasteiger partial charge in [-0.2, -0.15) is 0 Å². The van der Waals surface area contributed by atoms with Gasteiger partial charge in [0.1, 0.15) is 5.82 Å². The van der Waals surface area contributed by atoms with Crippen LogP contribution in [0.1, 0.15) is 29.3 Å². The molecule has 1 aromatic heterocycles. The summed E-state index contributed by atoms with van der Waals surface area (Å²) in [5.41, 5.74) is 5.14. The summed E-state index contributed by atoms with van der Waals surface area (Å²) in [6, 6.07) is 0. The summed E-state index contributed by atoms with van der Waals surface area (Å²) in [6.45, 7) is 2.25. The molecule has 15 heavy (non-hydrogen) atoms. The lowest BCUT2D eigenvalue weighted by molar-refractivity contribution is 0.0989. The van der Waals surface area contributed by atoms with E-state index in [-0.39, 0.29) is 11.2 Å². The third-order valence-corrected chi connectivity index (χ3v) is 3.27. The van der Waals surface area contributed by atoms with E-state index in [2.05, 4.69) is 10.1 Å². The molecule has 2 N–H and O–H groups in total. The van der Waals surface area contributed by atoms with Crippen LogP contribution in [0.4, 0.5) is 0 Å². The fraction of sp³-hybridized carbons (Fsp3) is 0.667. The summed E-state index contributed by atoms with van der Waals surface area (Å²) < 4.78 is 7.20. The maximum absolute atomic E-state index is 11.0. The van der Waals surface area contributed by atoms with Crippen molar-refractivity contribution < 1.29 is 9.53 Å². The second kappa shape index (κ2) is 2.79. The van der Waals surface area contributed by atoms with Crippen LogP contribution in [0.15, 0.2) is 0 Å². The molecule has 1 amide bonds. The van der Waals surface area contributed by atoms with E-state index in [0.717, 1.165) is 31.8 Å². The maximum atomic E-state index is 11.0. The fourth-order valence-electron chi connectivity index (χ4n) is 2.41. The molecule has 0 aliphatic carbocycles. The van der Waals surface area contributed by atoms with Crippen molar-refractivity contribution in [2.45, 2.75) is 24.8 Å².